The number of alkyl halides is 6. The summed E-state index contributed by atoms with van der Waals surface area (Å²) in [5.74, 6) is -0.872. The fourth-order valence-corrected chi connectivity index (χ4v) is 5.24. The minimum absolute atomic E-state index is 0.0595. The van der Waals surface area contributed by atoms with Gasteiger partial charge in [-0.25, -0.2) is 9.78 Å². The normalized spacial score (nSPS) is 19.9. The number of benzene rings is 1. The number of methoxy groups -OCH3 is 1. The lowest BCUT2D eigenvalue weighted by Gasteiger charge is -2.44. The molecule has 3 atom stereocenters. The van der Waals surface area contributed by atoms with Crippen molar-refractivity contribution in [3.63, 3.8) is 0 Å². The van der Waals surface area contributed by atoms with E-state index < -0.39 is 60.5 Å². The van der Waals surface area contributed by atoms with Crippen LogP contribution in [0, 0.1) is 0 Å². The number of fused-ring (bicyclic) bond motifs is 1. The van der Waals surface area contributed by atoms with Gasteiger partial charge in [0.2, 0.25) is 5.88 Å². The summed E-state index contributed by atoms with van der Waals surface area (Å²) in [7, 11) is 1.37. The van der Waals surface area contributed by atoms with E-state index in [1.807, 2.05) is 0 Å². The molecule has 244 valence electrons. The van der Waals surface area contributed by atoms with Crippen molar-refractivity contribution in [2.45, 2.75) is 70.4 Å². The molecule has 4 rings (SSSR count). The van der Waals surface area contributed by atoms with Crippen LogP contribution in [-0.4, -0.2) is 59.3 Å². The standard InChI is InChI=1S/C29H31F6N5O5/c1-4-45-27(43)40-16(2)9-22(25-21(40)6-7-23(38-25)44-3)39(26-36-13-17(14-37-26)5-8-24(41)42)15-18-10-19(28(30,31)32)12-20(11-18)29(33,34)35/h6-7,10-14,16,22,26,36H,4-5,8-9,15H2,1-3H3,(H,41,42)/t16-,22+,26?/m1/s1. The number of ether oxygens (including phenoxy) is 2. The molecular weight excluding hydrogens is 612 g/mol. The Balaban J connectivity index is 1.83. The number of rotatable bonds is 9. The minimum Gasteiger partial charge on any atom is -0.481 e. The molecule has 0 aliphatic carbocycles. The number of carboxylic acids is 1. The van der Waals surface area contributed by atoms with Gasteiger partial charge < -0.3 is 19.9 Å². The van der Waals surface area contributed by atoms with Crippen LogP contribution < -0.4 is 15.0 Å². The Labute approximate surface area is 254 Å². The maximum atomic E-state index is 13.7. The first-order valence-corrected chi connectivity index (χ1v) is 13.9. The van der Waals surface area contributed by atoms with Gasteiger partial charge in [0, 0.05) is 37.5 Å². The van der Waals surface area contributed by atoms with E-state index in [0.29, 0.717) is 23.4 Å². The number of nitrogens with one attached hydrogen (secondary N) is 1. The van der Waals surface area contributed by atoms with E-state index in [9.17, 15) is 35.9 Å². The molecule has 45 heavy (non-hydrogen) atoms. The Kier molecular flexibility index (Phi) is 9.95. The molecule has 1 amide bonds. The number of pyridine rings is 1. The Hall–Kier alpha value is -4.34. The molecule has 2 aliphatic heterocycles. The molecule has 1 unspecified atom stereocenters. The van der Waals surface area contributed by atoms with Gasteiger partial charge >= 0.3 is 24.4 Å². The average molecular weight is 644 g/mol. The van der Waals surface area contributed by atoms with Crippen LogP contribution in [0.5, 0.6) is 5.88 Å². The van der Waals surface area contributed by atoms with E-state index in [-0.39, 0.29) is 49.1 Å². The second kappa shape index (κ2) is 13.3. The van der Waals surface area contributed by atoms with Crippen molar-refractivity contribution in [1.29, 1.82) is 0 Å². The van der Waals surface area contributed by atoms with Gasteiger partial charge in [0.15, 0.2) is 6.29 Å². The molecule has 0 saturated carbocycles. The number of aromatic nitrogens is 1. The maximum absolute atomic E-state index is 13.7. The minimum atomic E-state index is -5.05. The van der Waals surface area contributed by atoms with Crippen molar-refractivity contribution in [2.24, 2.45) is 4.99 Å². The summed E-state index contributed by atoms with van der Waals surface area (Å²) in [6.07, 6.45) is -8.78. The number of carboxylic acid groups (broad SMARTS) is 1. The molecule has 16 heteroatoms. The van der Waals surface area contributed by atoms with Crippen LogP contribution in [0.25, 0.3) is 0 Å². The van der Waals surface area contributed by atoms with Crippen molar-refractivity contribution < 1.29 is 50.5 Å². The number of allylic oxidation sites excluding steroid dienone is 1. The molecular formula is C29H31F6N5O5. The van der Waals surface area contributed by atoms with Crippen LogP contribution in [-0.2, 0) is 28.4 Å². The van der Waals surface area contributed by atoms with Crippen molar-refractivity contribution >= 4 is 24.0 Å². The number of carbonyl (C=O) groups excluding carboxylic acids is 1. The number of aliphatic carboxylic acids is 1. The molecule has 0 bridgehead atoms. The third kappa shape index (κ3) is 7.85. The summed E-state index contributed by atoms with van der Waals surface area (Å²) in [5.41, 5.74) is -2.11. The zero-order valence-electron chi connectivity index (χ0n) is 24.4. The summed E-state index contributed by atoms with van der Waals surface area (Å²) < 4.78 is 92.9. The maximum Gasteiger partial charge on any atom is 0.416 e. The first-order chi connectivity index (χ1) is 21.1. The molecule has 1 aromatic carbocycles. The van der Waals surface area contributed by atoms with E-state index in [0.717, 1.165) is 0 Å². The molecule has 0 fully saturated rings. The van der Waals surface area contributed by atoms with Crippen LogP contribution in [0.1, 0.15) is 61.5 Å². The first-order valence-electron chi connectivity index (χ1n) is 13.9. The topological polar surface area (TPSA) is 117 Å². The Morgan fingerprint density at radius 3 is 2.31 bits per heavy atom. The number of aliphatic imine (C=N–C) groups is 1. The van der Waals surface area contributed by atoms with Crippen molar-refractivity contribution in [3.8, 4) is 5.88 Å². The monoisotopic (exact) mass is 643 g/mol. The molecule has 0 spiro atoms. The van der Waals surface area contributed by atoms with E-state index in [1.54, 1.807) is 24.8 Å². The summed E-state index contributed by atoms with van der Waals surface area (Å²) in [5, 5.41) is 12.0. The fourth-order valence-electron chi connectivity index (χ4n) is 5.24. The van der Waals surface area contributed by atoms with E-state index in [1.165, 1.54) is 30.5 Å². The molecule has 1 aromatic heterocycles. The van der Waals surface area contributed by atoms with Crippen LogP contribution in [0.4, 0.5) is 36.8 Å². The number of carbonyl (C=O) groups is 2. The predicted octanol–water partition coefficient (Wildman–Crippen LogP) is 6.13. The lowest BCUT2D eigenvalue weighted by Crippen LogP contribution is -2.51. The average Bonchev–Trinajstić information content (AvgIpc) is 2.97. The number of hydrogen-bond donors (Lipinski definition) is 2. The summed E-state index contributed by atoms with van der Waals surface area (Å²) in [6, 6.07) is 3.11. The smallest absolute Gasteiger partial charge is 0.416 e. The molecule has 10 nitrogen and oxygen atoms in total. The Morgan fingerprint density at radius 1 is 1.11 bits per heavy atom. The zero-order chi connectivity index (χ0) is 33.1. The van der Waals surface area contributed by atoms with Gasteiger partial charge in [0.05, 0.1) is 42.3 Å². The molecule has 0 radical (unpaired) electrons. The second-order valence-electron chi connectivity index (χ2n) is 10.4. The summed E-state index contributed by atoms with van der Waals surface area (Å²) in [6.45, 7) is 3.00. The van der Waals surface area contributed by atoms with Crippen LogP contribution in [0.15, 0.2) is 47.1 Å². The zero-order valence-corrected chi connectivity index (χ0v) is 24.4. The second-order valence-corrected chi connectivity index (χ2v) is 10.4. The highest BCUT2D eigenvalue weighted by Gasteiger charge is 2.42. The molecule has 2 N–H and O–H groups in total. The SMILES string of the molecule is CCOC(=O)N1c2ccc(OC)nc2[C@@H](N(Cc2cc(C(F)(F)F)cc(C(F)(F)F)c2)C2N=CC(CCC(=O)O)=CN2)C[C@H]1C. The number of nitrogens with zero attached hydrogens (tertiary/aromatic N) is 4. The molecule has 2 aliphatic rings. The van der Waals surface area contributed by atoms with Crippen molar-refractivity contribution in [3.05, 3.63) is 64.5 Å². The van der Waals surface area contributed by atoms with E-state index in [2.05, 4.69) is 15.3 Å². The quantitative estimate of drug-likeness (QED) is 0.314. The lowest BCUT2D eigenvalue weighted by atomic mass is 9.93. The first kappa shape index (κ1) is 33.6. The molecule has 0 saturated heterocycles. The van der Waals surface area contributed by atoms with Gasteiger partial charge in [-0.2, -0.15) is 26.3 Å². The highest BCUT2D eigenvalue weighted by Crippen LogP contribution is 2.43. The number of hydrogen-bond acceptors (Lipinski definition) is 8. The number of halogens is 6. The van der Waals surface area contributed by atoms with E-state index >= 15 is 0 Å². The van der Waals surface area contributed by atoms with Crippen LogP contribution >= 0.6 is 0 Å². The van der Waals surface area contributed by atoms with Gasteiger partial charge in [0.25, 0.3) is 0 Å². The van der Waals surface area contributed by atoms with Crippen molar-refractivity contribution in [1.82, 2.24) is 15.2 Å². The van der Waals surface area contributed by atoms with Crippen LogP contribution in [0.2, 0.25) is 0 Å². The highest BCUT2D eigenvalue weighted by molar-refractivity contribution is 5.90. The molecule has 3 heterocycles. The van der Waals surface area contributed by atoms with Gasteiger partial charge in [0.1, 0.15) is 0 Å². The van der Waals surface area contributed by atoms with Gasteiger partial charge in [-0.3, -0.25) is 19.6 Å². The Morgan fingerprint density at radius 2 is 1.78 bits per heavy atom. The summed E-state index contributed by atoms with van der Waals surface area (Å²) >= 11 is 0. The largest absolute Gasteiger partial charge is 0.481 e. The van der Waals surface area contributed by atoms with Crippen LogP contribution in [0.3, 0.4) is 0 Å². The predicted molar refractivity (Wildman–Crippen MR) is 149 cm³/mol. The van der Waals surface area contributed by atoms with E-state index in [4.69, 9.17) is 14.6 Å². The number of anilines is 1. The Bertz CT molecular complexity index is 1450. The van der Waals surface area contributed by atoms with Gasteiger partial charge in [-0.1, -0.05) is 0 Å². The highest BCUT2D eigenvalue weighted by atomic mass is 19.4. The van der Waals surface area contributed by atoms with Crippen molar-refractivity contribution in [2.75, 3.05) is 18.6 Å². The molecule has 2 aromatic rings. The van der Waals surface area contributed by atoms with Gasteiger partial charge in [-0.15, -0.1) is 0 Å². The third-order valence-corrected chi connectivity index (χ3v) is 7.28. The summed E-state index contributed by atoms with van der Waals surface area (Å²) in [4.78, 5) is 35.9. The third-order valence-electron chi connectivity index (χ3n) is 7.28. The fraction of sp³-hybridized carbons (Fsp3) is 0.448. The number of amides is 1. The van der Waals surface area contributed by atoms with Gasteiger partial charge in [-0.05, 0) is 62.1 Å². The lowest BCUT2D eigenvalue weighted by molar-refractivity contribution is -0.143.